The van der Waals surface area contributed by atoms with Gasteiger partial charge in [-0.25, -0.2) is 4.79 Å². The van der Waals surface area contributed by atoms with Crippen LogP contribution >= 0.6 is 0 Å². The fourth-order valence-electron chi connectivity index (χ4n) is 3.41. The number of rotatable bonds is 9. The predicted molar refractivity (Wildman–Crippen MR) is 118 cm³/mol. The van der Waals surface area contributed by atoms with Crippen LogP contribution in [-0.4, -0.2) is 55.6 Å². The minimum Gasteiger partial charge on any atom is -0.490 e. The number of nitrogens with zero attached hydrogens (tertiary/aromatic N) is 1. The molecule has 8 nitrogen and oxygen atoms in total. The van der Waals surface area contributed by atoms with E-state index in [4.69, 9.17) is 14.2 Å². The standard InChI is InChI=1S/C24H28N2O6/c1-2-30-20-10-6-7-11-21(20)31-17-23(28)32-16-22(27)26-14-12-18(13-15-26)24(29)25-19-8-4-3-5-9-19/h3-11,18H,2,12-17H2,1H3,(H,25,29). The highest BCUT2D eigenvalue weighted by Crippen LogP contribution is 2.26. The van der Waals surface area contributed by atoms with E-state index < -0.39 is 5.97 Å². The second-order valence-corrected chi connectivity index (χ2v) is 7.34. The number of esters is 1. The van der Waals surface area contributed by atoms with Crippen LogP contribution in [-0.2, 0) is 19.1 Å². The lowest BCUT2D eigenvalue weighted by Crippen LogP contribution is -2.43. The molecule has 0 bridgehead atoms. The van der Waals surface area contributed by atoms with E-state index >= 15 is 0 Å². The number of benzene rings is 2. The van der Waals surface area contributed by atoms with Gasteiger partial charge in [-0.1, -0.05) is 30.3 Å². The molecule has 1 N–H and O–H groups in total. The molecule has 2 amide bonds. The number of ether oxygens (including phenoxy) is 3. The van der Waals surface area contributed by atoms with Crippen molar-refractivity contribution < 1.29 is 28.6 Å². The van der Waals surface area contributed by atoms with Crippen LogP contribution in [0.15, 0.2) is 54.6 Å². The molecule has 170 valence electrons. The lowest BCUT2D eigenvalue weighted by molar-refractivity contribution is -0.154. The second-order valence-electron chi connectivity index (χ2n) is 7.34. The molecule has 3 rings (SSSR count). The first-order valence-corrected chi connectivity index (χ1v) is 10.7. The average molecular weight is 440 g/mol. The number of amides is 2. The zero-order valence-corrected chi connectivity index (χ0v) is 18.1. The number of para-hydroxylation sites is 3. The van der Waals surface area contributed by atoms with Crippen LogP contribution in [0.5, 0.6) is 11.5 Å². The molecule has 1 aliphatic heterocycles. The van der Waals surface area contributed by atoms with E-state index in [-0.39, 0.29) is 30.9 Å². The van der Waals surface area contributed by atoms with Gasteiger partial charge in [0.1, 0.15) is 0 Å². The zero-order valence-electron chi connectivity index (χ0n) is 18.1. The Bertz CT molecular complexity index is 910. The molecule has 0 aromatic heterocycles. The van der Waals surface area contributed by atoms with E-state index in [0.717, 1.165) is 5.69 Å². The second kappa shape index (κ2) is 11.7. The molecule has 0 spiro atoms. The molecule has 1 saturated heterocycles. The van der Waals surface area contributed by atoms with E-state index in [2.05, 4.69) is 5.32 Å². The van der Waals surface area contributed by atoms with E-state index in [1.165, 1.54) is 0 Å². The molecule has 2 aromatic rings. The highest BCUT2D eigenvalue weighted by atomic mass is 16.6. The van der Waals surface area contributed by atoms with Gasteiger partial charge >= 0.3 is 5.97 Å². The number of hydrogen-bond donors (Lipinski definition) is 1. The summed E-state index contributed by atoms with van der Waals surface area (Å²) in [6.45, 7) is 2.55. The summed E-state index contributed by atoms with van der Waals surface area (Å²) in [4.78, 5) is 38.4. The van der Waals surface area contributed by atoms with Crippen molar-refractivity contribution in [3.05, 3.63) is 54.6 Å². The van der Waals surface area contributed by atoms with Crippen LogP contribution in [0.2, 0.25) is 0 Å². The smallest absolute Gasteiger partial charge is 0.344 e. The first-order chi connectivity index (χ1) is 15.6. The fraction of sp³-hybridized carbons (Fsp3) is 0.375. The van der Waals surface area contributed by atoms with Crippen molar-refractivity contribution in [1.82, 2.24) is 4.90 Å². The Morgan fingerprint density at radius 3 is 2.19 bits per heavy atom. The molecule has 0 unspecified atom stereocenters. The Morgan fingerprint density at radius 2 is 1.53 bits per heavy atom. The van der Waals surface area contributed by atoms with Crippen molar-refractivity contribution in [2.24, 2.45) is 5.92 Å². The Balaban J connectivity index is 1.37. The number of carbonyl (C=O) groups is 3. The van der Waals surface area contributed by atoms with E-state index in [9.17, 15) is 14.4 Å². The van der Waals surface area contributed by atoms with Crippen LogP contribution in [0, 0.1) is 5.92 Å². The fourth-order valence-corrected chi connectivity index (χ4v) is 3.41. The number of anilines is 1. The SMILES string of the molecule is CCOc1ccccc1OCC(=O)OCC(=O)N1CCC(C(=O)Nc2ccccc2)CC1. The van der Waals surface area contributed by atoms with Gasteiger partial charge in [0, 0.05) is 24.7 Å². The minimum atomic E-state index is -0.637. The molecule has 0 atom stereocenters. The van der Waals surface area contributed by atoms with Gasteiger partial charge in [-0.15, -0.1) is 0 Å². The zero-order chi connectivity index (χ0) is 22.8. The average Bonchev–Trinajstić information content (AvgIpc) is 2.83. The summed E-state index contributed by atoms with van der Waals surface area (Å²) in [6.07, 6.45) is 1.13. The molecule has 32 heavy (non-hydrogen) atoms. The third-order valence-corrected chi connectivity index (χ3v) is 5.11. The Kier molecular flexibility index (Phi) is 8.48. The van der Waals surface area contributed by atoms with Crippen molar-refractivity contribution >= 4 is 23.5 Å². The van der Waals surface area contributed by atoms with Crippen LogP contribution in [0.1, 0.15) is 19.8 Å². The summed E-state index contributed by atoms with van der Waals surface area (Å²) < 4.78 is 15.9. The molecule has 1 heterocycles. The number of piperidine rings is 1. The van der Waals surface area contributed by atoms with Crippen LogP contribution in [0.3, 0.4) is 0 Å². The largest absolute Gasteiger partial charge is 0.490 e. The molecule has 0 aliphatic carbocycles. The molecular formula is C24H28N2O6. The summed E-state index contributed by atoms with van der Waals surface area (Å²) in [7, 11) is 0. The maximum absolute atomic E-state index is 12.4. The summed E-state index contributed by atoms with van der Waals surface area (Å²) >= 11 is 0. The predicted octanol–water partition coefficient (Wildman–Crippen LogP) is 2.88. The molecule has 8 heteroatoms. The first kappa shape index (κ1) is 23.1. The third-order valence-electron chi connectivity index (χ3n) is 5.11. The van der Waals surface area contributed by atoms with E-state index in [1.807, 2.05) is 43.3 Å². The summed E-state index contributed by atoms with van der Waals surface area (Å²) in [5.74, 6) is -0.136. The van der Waals surface area contributed by atoms with Crippen LogP contribution in [0.25, 0.3) is 0 Å². The van der Waals surface area contributed by atoms with E-state index in [0.29, 0.717) is 44.0 Å². The van der Waals surface area contributed by atoms with Gasteiger partial charge in [0.15, 0.2) is 24.7 Å². The maximum atomic E-state index is 12.4. The lowest BCUT2D eigenvalue weighted by atomic mass is 9.95. The Labute approximate surface area is 187 Å². The quantitative estimate of drug-likeness (QED) is 0.603. The topological polar surface area (TPSA) is 94.2 Å². The normalized spacial score (nSPS) is 13.8. The van der Waals surface area contributed by atoms with Gasteiger partial charge in [0.05, 0.1) is 6.61 Å². The van der Waals surface area contributed by atoms with Gasteiger partial charge in [-0.05, 0) is 44.0 Å². The highest BCUT2D eigenvalue weighted by Gasteiger charge is 2.27. The summed E-state index contributed by atoms with van der Waals surface area (Å²) in [5.41, 5.74) is 0.758. The Hall–Kier alpha value is -3.55. The monoisotopic (exact) mass is 440 g/mol. The van der Waals surface area contributed by atoms with Gasteiger partial charge in [-0.3, -0.25) is 9.59 Å². The maximum Gasteiger partial charge on any atom is 0.344 e. The van der Waals surface area contributed by atoms with Crippen molar-refractivity contribution in [1.29, 1.82) is 0 Å². The van der Waals surface area contributed by atoms with Gasteiger partial charge < -0.3 is 24.4 Å². The molecule has 1 fully saturated rings. The first-order valence-electron chi connectivity index (χ1n) is 10.7. The third kappa shape index (κ3) is 6.73. The minimum absolute atomic E-state index is 0.0424. The molecule has 2 aromatic carbocycles. The van der Waals surface area contributed by atoms with Crippen molar-refractivity contribution in [2.45, 2.75) is 19.8 Å². The van der Waals surface area contributed by atoms with E-state index in [1.54, 1.807) is 23.1 Å². The van der Waals surface area contributed by atoms with Gasteiger partial charge in [-0.2, -0.15) is 0 Å². The number of hydrogen-bond acceptors (Lipinski definition) is 6. The van der Waals surface area contributed by atoms with Crippen molar-refractivity contribution in [3.63, 3.8) is 0 Å². The molecule has 1 aliphatic rings. The van der Waals surface area contributed by atoms with Gasteiger partial charge in [0.25, 0.3) is 5.91 Å². The molecule has 0 radical (unpaired) electrons. The number of carbonyl (C=O) groups excluding carboxylic acids is 3. The van der Waals surface area contributed by atoms with Crippen molar-refractivity contribution in [2.75, 3.05) is 38.2 Å². The summed E-state index contributed by atoms with van der Waals surface area (Å²) in [6, 6.07) is 16.3. The number of nitrogens with one attached hydrogen (secondary N) is 1. The summed E-state index contributed by atoms with van der Waals surface area (Å²) in [5, 5.41) is 2.90. The number of likely N-dealkylation sites (tertiary alicyclic amines) is 1. The molecular weight excluding hydrogens is 412 g/mol. The van der Waals surface area contributed by atoms with Crippen molar-refractivity contribution in [3.8, 4) is 11.5 Å². The highest BCUT2D eigenvalue weighted by molar-refractivity contribution is 5.92. The Morgan fingerprint density at radius 1 is 0.906 bits per heavy atom. The van der Waals surface area contributed by atoms with Crippen LogP contribution in [0.4, 0.5) is 5.69 Å². The van der Waals surface area contributed by atoms with Crippen LogP contribution < -0.4 is 14.8 Å². The lowest BCUT2D eigenvalue weighted by Gasteiger charge is -2.31. The molecule has 0 saturated carbocycles. The van der Waals surface area contributed by atoms with Gasteiger partial charge in [0.2, 0.25) is 5.91 Å².